The van der Waals surface area contributed by atoms with Gasteiger partial charge >= 0.3 is 0 Å². The highest BCUT2D eigenvalue weighted by Crippen LogP contribution is 2.47. The summed E-state index contributed by atoms with van der Waals surface area (Å²) in [7, 11) is 0. The van der Waals surface area contributed by atoms with Gasteiger partial charge in [-0.1, -0.05) is 273 Å². The maximum atomic E-state index is 2.36. The number of benzene rings is 17. The van der Waals surface area contributed by atoms with Gasteiger partial charge in [-0.25, -0.2) is 0 Å². The Hall–Kier alpha value is -10.1. The number of rotatable bonds is 5. The van der Waals surface area contributed by atoms with Crippen LogP contribution in [0.2, 0.25) is 0 Å². The maximum Gasteiger partial charge on any atom is -0.00201 e. The molecule has 17 aromatic carbocycles. The highest BCUT2D eigenvalue weighted by atomic mass is 14.2. The number of hydrogen-bond acceptors (Lipinski definition) is 0. The first-order valence-corrected chi connectivity index (χ1v) is 27.1. The first-order chi connectivity index (χ1) is 38.7. The largest absolute Gasteiger partial charge is 0.0616 e. The molecule has 0 aliphatic heterocycles. The van der Waals surface area contributed by atoms with E-state index in [-0.39, 0.29) is 0 Å². The summed E-state index contributed by atoms with van der Waals surface area (Å²) in [5, 5.41) is 26.1. The van der Waals surface area contributed by atoms with Gasteiger partial charge in [-0.15, -0.1) is 0 Å². The van der Waals surface area contributed by atoms with E-state index in [1.54, 1.807) is 0 Å². The average molecular weight is 985 g/mol. The van der Waals surface area contributed by atoms with Crippen molar-refractivity contribution < 1.29 is 0 Å². The van der Waals surface area contributed by atoms with Crippen LogP contribution in [0.15, 0.2) is 291 Å². The Balaban J connectivity index is 0.000000135. The summed E-state index contributed by atoms with van der Waals surface area (Å²) in [5.74, 6) is 0. The van der Waals surface area contributed by atoms with Gasteiger partial charge in [0.05, 0.1) is 0 Å². The van der Waals surface area contributed by atoms with Crippen molar-refractivity contribution >= 4 is 108 Å². The van der Waals surface area contributed by atoms with Crippen LogP contribution < -0.4 is 0 Å². The molecule has 0 aliphatic carbocycles. The molecule has 0 unspecified atom stereocenters. The van der Waals surface area contributed by atoms with Crippen molar-refractivity contribution in [3.05, 3.63) is 291 Å². The summed E-state index contributed by atoms with van der Waals surface area (Å²) in [6.45, 7) is 0. The Kier molecular flexibility index (Phi) is 10.0. The summed E-state index contributed by atoms with van der Waals surface area (Å²) in [6, 6.07) is 107. The van der Waals surface area contributed by atoms with Gasteiger partial charge in [-0.3, -0.25) is 0 Å². The zero-order valence-electron chi connectivity index (χ0n) is 42.7. The highest BCUT2D eigenvalue weighted by molar-refractivity contribution is 6.28. The SMILES string of the molecule is c1cc(-c2cccc(-c3ccc4ccc5cccc6ccc3c4c56)c2)cc(-c2ccc3ccc4cccc5ccc2c3c45)c1.c1ccc2cc(-c3c4ccccc4c(-c4cccc5ccccc45)c4ccccc34)ccc2c1. The molecule has 17 rings (SSSR count). The number of hydrogen-bond donors (Lipinski definition) is 0. The molecule has 360 valence electrons. The lowest BCUT2D eigenvalue weighted by Gasteiger charge is -2.19. The van der Waals surface area contributed by atoms with Crippen LogP contribution in [0, 0.1) is 0 Å². The molecular formula is C78H48. The summed E-state index contributed by atoms with van der Waals surface area (Å²) < 4.78 is 0. The van der Waals surface area contributed by atoms with Crippen molar-refractivity contribution in [2.24, 2.45) is 0 Å². The minimum atomic E-state index is 1.23. The van der Waals surface area contributed by atoms with Crippen molar-refractivity contribution in [3.63, 3.8) is 0 Å². The van der Waals surface area contributed by atoms with E-state index in [1.807, 2.05) is 0 Å². The highest BCUT2D eigenvalue weighted by Gasteiger charge is 2.19. The maximum absolute atomic E-state index is 2.36. The van der Waals surface area contributed by atoms with E-state index in [0.29, 0.717) is 0 Å². The lowest BCUT2D eigenvalue weighted by atomic mass is 9.84. The van der Waals surface area contributed by atoms with Gasteiger partial charge in [0.25, 0.3) is 0 Å². The zero-order chi connectivity index (χ0) is 51.3. The molecule has 0 atom stereocenters. The van der Waals surface area contributed by atoms with Crippen LogP contribution >= 0.6 is 0 Å². The van der Waals surface area contributed by atoms with Crippen molar-refractivity contribution in [3.8, 4) is 55.6 Å². The molecule has 0 aliphatic rings. The molecule has 0 heteroatoms. The molecule has 0 radical (unpaired) electrons. The lowest BCUT2D eigenvalue weighted by Crippen LogP contribution is -1.91. The second-order valence-electron chi connectivity index (χ2n) is 21.0. The fourth-order valence-corrected chi connectivity index (χ4v) is 13.2. The molecule has 0 saturated carbocycles. The van der Waals surface area contributed by atoms with Crippen LogP contribution in [0.25, 0.3) is 163 Å². The molecule has 0 N–H and O–H groups in total. The van der Waals surface area contributed by atoms with Gasteiger partial charge in [-0.05, 0) is 182 Å². The van der Waals surface area contributed by atoms with Gasteiger partial charge in [0.1, 0.15) is 0 Å². The van der Waals surface area contributed by atoms with E-state index in [4.69, 9.17) is 0 Å². The Morgan fingerprint density at radius 1 is 0.141 bits per heavy atom. The smallest absolute Gasteiger partial charge is 0.00201 e. The standard InChI is InChI=1S/C44H26.C34H22/c1-5-27-13-15-31-17-21-37(39-23-19-29(7-1)41(27)43(31)39)35-11-3-9-33(25-35)34-10-4-12-36(26-34)38-22-18-32-16-14-28-6-2-8-30-20-24-40(38)44(32)42(28)30;1-2-12-25-22-26(21-20-23(25)10-1)33-29-15-5-7-17-31(29)34(32-18-8-6-16-30(32)33)28-19-9-13-24-11-3-4-14-27(24)28/h1-26H;1-22H. The Labute approximate surface area is 452 Å². The van der Waals surface area contributed by atoms with Crippen molar-refractivity contribution in [2.45, 2.75) is 0 Å². The van der Waals surface area contributed by atoms with E-state index >= 15 is 0 Å². The predicted octanol–water partition coefficient (Wildman–Crippen LogP) is 22.1. The molecular weight excluding hydrogens is 937 g/mol. The van der Waals surface area contributed by atoms with E-state index in [0.717, 1.165) is 0 Å². The second-order valence-corrected chi connectivity index (χ2v) is 21.0. The molecule has 78 heavy (non-hydrogen) atoms. The van der Waals surface area contributed by atoms with Gasteiger partial charge in [0.15, 0.2) is 0 Å². The monoisotopic (exact) mass is 984 g/mol. The normalized spacial score (nSPS) is 11.8. The van der Waals surface area contributed by atoms with Crippen LogP contribution in [0.5, 0.6) is 0 Å². The minimum absolute atomic E-state index is 1.23. The zero-order valence-corrected chi connectivity index (χ0v) is 42.7. The van der Waals surface area contributed by atoms with Crippen LogP contribution in [0.4, 0.5) is 0 Å². The Bertz CT molecular complexity index is 4930. The summed E-state index contributed by atoms with van der Waals surface area (Å²) in [5.41, 5.74) is 12.7. The Morgan fingerprint density at radius 2 is 0.500 bits per heavy atom. The number of fused-ring (bicyclic) bond motifs is 4. The average Bonchev–Trinajstić information content (AvgIpc) is 3.68. The van der Waals surface area contributed by atoms with Gasteiger partial charge in [0, 0.05) is 0 Å². The molecule has 0 aromatic heterocycles. The summed E-state index contributed by atoms with van der Waals surface area (Å²) >= 11 is 0. The molecule has 0 nitrogen and oxygen atoms in total. The first kappa shape index (κ1) is 44.2. The van der Waals surface area contributed by atoms with E-state index in [2.05, 4.69) is 291 Å². The third kappa shape index (κ3) is 7.01. The Morgan fingerprint density at radius 3 is 1.04 bits per heavy atom. The fraction of sp³-hybridized carbons (Fsp3) is 0. The van der Waals surface area contributed by atoms with Gasteiger partial charge in [-0.2, -0.15) is 0 Å². The van der Waals surface area contributed by atoms with E-state index < -0.39 is 0 Å². The quantitative estimate of drug-likeness (QED) is 0.119. The van der Waals surface area contributed by atoms with Gasteiger partial charge in [0.2, 0.25) is 0 Å². The fourth-order valence-electron chi connectivity index (χ4n) is 13.2. The predicted molar refractivity (Wildman–Crippen MR) is 337 cm³/mol. The van der Waals surface area contributed by atoms with Crippen molar-refractivity contribution in [2.75, 3.05) is 0 Å². The van der Waals surface area contributed by atoms with Crippen LogP contribution in [-0.4, -0.2) is 0 Å². The second kappa shape index (κ2) is 17.7. The third-order valence-electron chi connectivity index (χ3n) is 16.8. The first-order valence-electron chi connectivity index (χ1n) is 27.1. The summed E-state index contributed by atoms with van der Waals surface area (Å²) in [4.78, 5) is 0. The van der Waals surface area contributed by atoms with Crippen LogP contribution in [0.3, 0.4) is 0 Å². The van der Waals surface area contributed by atoms with E-state index in [1.165, 1.54) is 163 Å². The lowest BCUT2D eigenvalue weighted by molar-refractivity contribution is 1.60. The molecule has 0 saturated heterocycles. The molecule has 0 spiro atoms. The molecule has 0 fully saturated rings. The molecule has 0 bridgehead atoms. The van der Waals surface area contributed by atoms with Gasteiger partial charge < -0.3 is 0 Å². The van der Waals surface area contributed by atoms with Crippen LogP contribution in [0.1, 0.15) is 0 Å². The molecule has 17 aromatic rings. The molecule has 0 amide bonds. The minimum Gasteiger partial charge on any atom is -0.0616 e. The third-order valence-corrected chi connectivity index (χ3v) is 16.8. The van der Waals surface area contributed by atoms with Crippen LogP contribution in [-0.2, 0) is 0 Å². The summed E-state index contributed by atoms with van der Waals surface area (Å²) in [6.07, 6.45) is 0. The van der Waals surface area contributed by atoms with Crippen molar-refractivity contribution in [1.82, 2.24) is 0 Å². The van der Waals surface area contributed by atoms with Crippen molar-refractivity contribution in [1.29, 1.82) is 0 Å². The molecule has 0 heterocycles. The topological polar surface area (TPSA) is 0 Å². The van der Waals surface area contributed by atoms with E-state index in [9.17, 15) is 0 Å².